The van der Waals surface area contributed by atoms with E-state index in [2.05, 4.69) is 0 Å². The Hall–Kier alpha value is -1.05. The quantitative estimate of drug-likeness (QED) is 0.736. The van der Waals surface area contributed by atoms with Gasteiger partial charge in [-0.15, -0.1) is 12.4 Å². The molecule has 1 aromatic carbocycles. The lowest BCUT2D eigenvalue weighted by Gasteiger charge is -2.22. The van der Waals surface area contributed by atoms with E-state index in [1.54, 1.807) is 0 Å². The van der Waals surface area contributed by atoms with Gasteiger partial charge >= 0.3 is 0 Å². The van der Waals surface area contributed by atoms with Crippen LogP contribution in [0.4, 0.5) is 17.6 Å². The van der Waals surface area contributed by atoms with Crippen molar-refractivity contribution < 1.29 is 27.8 Å². The average molecular weight is 276 g/mol. The minimum Gasteiger partial charge on any atom is -0.505 e. The number of nitrogens with two attached hydrogens (primary N) is 1. The minimum absolute atomic E-state index is 0. The Balaban J connectivity index is 0.00000256. The molecule has 1 rings (SSSR count). The Morgan fingerprint density at radius 2 is 1.82 bits per heavy atom. The van der Waals surface area contributed by atoms with Gasteiger partial charge in [0.2, 0.25) is 5.82 Å². The van der Waals surface area contributed by atoms with Gasteiger partial charge in [-0.1, -0.05) is 6.07 Å². The number of phenols is 1. The van der Waals surface area contributed by atoms with Crippen molar-refractivity contribution in [3.05, 3.63) is 29.3 Å². The lowest BCUT2D eigenvalue weighted by Crippen LogP contribution is -2.36. The predicted octanol–water partition coefficient (Wildman–Crippen LogP) is 1.72. The van der Waals surface area contributed by atoms with E-state index in [-0.39, 0.29) is 12.4 Å². The molecule has 0 heterocycles. The molecule has 4 N–H and O–H groups in total. The van der Waals surface area contributed by atoms with Gasteiger partial charge < -0.3 is 15.9 Å². The van der Waals surface area contributed by atoms with Crippen molar-refractivity contribution in [3.8, 4) is 5.75 Å². The molecule has 1 atom stereocenters. The van der Waals surface area contributed by atoms with Gasteiger partial charge in [-0.25, -0.2) is 13.2 Å². The molecule has 3 nitrogen and oxygen atoms in total. The van der Waals surface area contributed by atoms with Crippen molar-refractivity contribution in [2.45, 2.75) is 12.0 Å². The molecule has 0 saturated carbocycles. The van der Waals surface area contributed by atoms with E-state index in [1.807, 2.05) is 0 Å². The standard InChI is InChI=1S/C9H9F4NO2.ClH/c10-5-2-1-4(7(16)6(5)11)8(14)9(12,13)3-15;/h1-2,8,15-16H,3,14H2;1H/t8-;/m1./s1. The second-order valence-corrected chi connectivity index (χ2v) is 3.20. The largest absolute Gasteiger partial charge is 0.505 e. The van der Waals surface area contributed by atoms with Crippen LogP contribution in [-0.4, -0.2) is 22.7 Å². The molecule has 1 aromatic rings. The minimum atomic E-state index is -3.73. The number of aliphatic hydroxyl groups is 1. The zero-order valence-electron chi connectivity index (χ0n) is 8.33. The van der Waals surface area contributed by atoms with Gasteiger partial charge in [-0.05, 0) is 6.07 Å². The molecule has 0 spiro atoms. The molecule has 0 unspecified atom stereocenters. The van der Waals surface area contributed by atoms with E-state index in [0.29, 0.717) is 6.07 Å². The Morgan fingerprint density at radius 1 is 1.29 bits per heavy atom. The SMILES string of the molecule is Cl.N[C@H](c1ccc(F)c(F)c1O)C(F)(F)CO. The van der Waals surface area contributed by atoms with Crippen molar-refractivity contribution in [1.82, 2.24) is 0 Å². The van der Waals surface area contributed by atoms with Crippen molar-refractivity contribution >= 4 is 12.4 Å². The van der Waals surface area contributed by atoms with Crippen LogP contribution in [0.1, 0.15) is 11.6 Å². The fourth-order valence-corrected chi connectivity index (χ4v) is 1.13. The summed E-state index contributed by atoms with van der Waals surface area (Å²) in [6.45, 7) is -1.56. The van der Waals surface area contributed by atoms with E-state index in [4.69, 9.17) is 15.9 Å². The number of benzene rings is 1. The number of halogens is 5. The Labute approximate surface area is 100 Å². The maximum atomic E-state index is 12.9. The van der Waals surface area contributed by atoms with Crippen LogP contribution in [0.15, 0.2) is 12.1 Å². The summed E-state index contributed by atoms with van der Waals surface area (Å²) in [5.41, 5.74) is 4.38. The first kappa shape index (κ1) is 16.0. The van der Waals surface area contributed by atoms with Crippen LogP contribution in [0.2, 0.25) is 0 Å². The molecule has 0 fully saturated rings. The average Bonchev–Trinajstić information content (AvgIpc) is 2.25. The fraction of sp³-hybridized carbons (Fsp3) is 0.333. The lowest BCUT2D eigenvalue weighted by molar-refractivity contribution is -0.0716. The summed E-state index contributed by atoms with van der Waals surface area (Å²) < 4.78 is 51.3. The van der Waals surface area contributed by atoms with Gasteiger partial charge in [0.25, 0.3) is 5.92 Å². The Kier molecular flexibility index (Phi) is 5.18. The molecular formula is C9H10ClF4NO2. The number of hydrogen-bond acceptors (Lipinski definition) is 3. The molecule has 8 heteroatoms. The van der Waals surface area contributed by atoms with Crippen molar-refractivity contribution in [3.63, 3.8) is 0 Å². The van der Waals surface area contributed by atoms with E-state index >= 15 is 0 Å². The molecule has 0 aliphatic heterocycles. The maximum Gasteiger partial charge on any atom is 0.289 e. The summed E-state index contributed by atoms with van der Waals surface area (Å²) in [6, 6.07) is -0.813. The van der Waals surface area contributed by atoms with Gasteiger partial charge in [-0.3, -0.25) is 0 Å². The first-order valence-electron chi connectivity index (χ1n) is 4.22. The number of alkyl halides is 2. The molecule has 0 radical (unpaired) electrons. The molecule has 0 aromatic heterocycles. The first-order valence-corrected chi connectivity index (χ1v) is 4.22. The Morgan fingerprint density at radius 3 is 2.29 bits per heavy atom. The zero-order valence-corrected chi connectivity index (χ0v) is 9.15. The van der Waals surface area contributed by atoms with Crippen LogP contribution in [0, 0.1) is 11.6 Å². The van der Waals surface area contributed by atoms with E-state index in [0.717, 1.165) is 6.07 Å². The van der Waals surface area contributed by atoms with Gasteiger partial charge in [0.1, 0.15) is 12.6 Å². The molecule has 17 heavy (non-hydrogen) atoms. The summed E-state index contributed by atoms with van der Waals surface area (Å²) in [5, 5.41) is 17.5. The second kappa shape index (κ2) is 5.52. The van der Waals surface area contributed by atoms with Crippen LogP contribution in [0.5, 0.6) is 5.75 Å². The van der Waals surface area contributed by atoms with Crippen molar-refractivity contribution in [2.24, 2.45) is 5.73 Å². The van der Waals surface area contributed by atoms with Gasteiger partial charge in [-0.2, -0.15) is 4.39 Å². The maximum absolute atomic E-state index is 12.9. The van der Waals surface area contributed by atoms with Crippen LogP contribution in [0.3, 0.4) is 0 Å². The number of aliphatic hydroxyl groups excluding tert-OH is 1. The zero-order chi connectivity index (χ0) is 12.5. The highest BCUT2D eigenvalue weighted by atomic mass is 35.5. The number of rotatable bonds is 3. The molecule has 0 amide bonds. The lowest BCUT2D eigenvalue weighted by atomic mass is 10.0. The van der Waals surface area contributed by atoms with E-state index < -0.39 is 41.5 Å². The summed E-state index contributed by atoms with van der Waals surface area (Å²) in [6.07, 6.45) is 0. The van der Waals surface area contributed by atoms with Crippen LogP contribution >= 0.6 is 12.4 Å². The summed E-state index contributed by atoms with van der Waals surface area (Å²) in [4.78, 5) is 0. The monoisotopic (exact) mass is 275 g/mol. The predicted molar refractivity (Wildman–Crippen MR) is 54.2 cm³/mol. The third-order valence-electron chi connectivity index (χ3n) is 2.10. The molecular weight excluding hydrogens is 266 g/mol. The number of aromatic hydroxyl groups is 1. The van der Waals surface area contributed by atoms with Gasteiger partial charge in [0.15, 0.2) is 11.6 Å². The third-order valence-corrected chi connectivity index (χ3v) is 2.10. The first-order chi connectivity index (χ1) is 7.31. The van der Waals surface area contributed by atoms with Crippen LogP contribution < -0.4 is 5.73 Å². The van der Waals surface area contributed by atoms with Crippen molar-refractivity contribution in [2.75, 3.05) is 6.61 Å². The molecule has 0 saturated heterocycles. The summed E-state index contributed by atoms with van der Waals surface area (Å²) in [5.74, 6) is -8.04. The van der Waals surface area contributed by atoms with E-state index in [1.165, 1.54) is 0 Å². The normalized spacial score (nSPS) is 13.1. The van der Waals surface area contributed by atoms with Crippen LogP contribution in [0.25, 0.3) is 0 Å². The molecule has 0 bridgehead atoms. The van der Waals surface area contributed by atoms with Gasteiger partial charge in [0.05, 0.1) is 0 Å². The summed E-state index contributed by atoms with van der Waals surface area (Å²) >= 11 is 0. The van der Waals surface area contributed by atoms with E-state index in [9.17, 15) is 17.6 Å². The number of hydrogen-bond donors (Lipinski definition) is 3. The highest BCUT2D eigenvalue weighted by Gasteiger charge is 2.39. The fourth-order valence-electron chi connectivity index (χ4n) is 1.13. The highest BCUT2D eigenvalue weighted by Crippen LogP contribution is 2.35. The molecule has 98 valence electrons. The smallest absolute Gasteiger partial charge is 0.289 e. The topological polar surface area (TPSA) is 66.5 Å². The van der Waals surface area contributed by atoms with Crippen molar-refractivity contribution in [1.29, 1.82) is 0 Å². The highest BCUT2D eigenvalue weighted by molar-refractivity contribution is 5.85. The second-order valence-electron chi connectivity index (χ2n) is 3.20. The molecule has 0 aliphatic carbocycles. The number of phenolic OH excluding ortho intramolecular Hbond substituents is 1. The summed E-state index contributed by atoms with van der Waals surface area (Å²) in [7, 11) is 0. The Bertz CT molecular complexity index is 403. The third kappa shape index (κ3) is 2.99. The van der Waals surface area contributed by atoms with Gasteiger partial charge in [0, 0.05) is 5.56 Å². The molecule has 0 aliphatic rings. The van der Waals surface area contributed by atoms with Crippen LogP contribution in [-0.2, 0) is 0 Å².